The van der Waals surface area contributed by atoms with Crippen LogP contribution in [-0.4, -0.2) is 23.1 Å². The van der Waals surface area contributed by atoms with E-state index in [-0.39, 0.29) is 6.42 Å². The first kappa shape index (κ1) is 14.8. The van der Waals surface area contributed by atoms with Crippen LogP contribution in [0.25, 0.3) is 0 Å². The highest BCUT2D eigenvalue weighted by atomic mass is 16.4. The number of anilines is 1. The van der Waals surface area contributed by atoms with E-state index >= 15 is 0 Å². The third kappa shape index (κ3) is 5.25. The second kappa shape index (κ2) is 7.20. The van der Waals surface area contributed by atoms with Gasteiger partial charge in [0.1, 0.15) is 6.04 Å². The number of aryl methyl sites for hydroxylation is 1. The van der Waals surface area contributed by atoms with Gasteiger partial charge in [-0.3, -0.25) is 0 Å². The van der Waals surface area contributed by atoms with Crippen LogP contribution in [-0.2, 0) is 4.79 Å². The lowest BCUT2D eigenvalue weighted by molar-refractivity contribution is -0.139. The van der Waals surface area contributed by atoms with E-state index in [0.717, 1.165) is 5.56 Å². The molecule has 2 amide bonds. The third-order valence-electron chi connectivity index (χ3n) is 2.52. The summed E-state index contributed by atoms with van der Waals surface area (Å²) in [5.41, 5.74) is 1.71. The zero-order chi connectivity index (χ0) is 14.3. The lowest BCUT2D eigenvalue weighted by atomic mass is 10.2. The Hall–Kier alpha value is -2.30. The van der Waals surface area contributed by atoms with E-state index in [9.17, 15) is 9.59 Å². The molecule has 0 aromatic heterocycles. The Bertz CT molecular complexity index is 466. The zero-order valence-electron chi connectivity index (χ0n) is 11.0. The molecule has 3 N–H and O–H groups in total. The Morgan fingerprint density at radius 3 is 2.47 bits per heavy atom. The first-order chi connectivity index (χ1) is 9.02. The molecular weight excluding hydrogens is 244 g/mol. The van der Waals surface area contributed by atoms with Gasteiger partial charge in [0, 0.05) is 5.69 Å². The highest BCUT2D eigenvalue weighted by Gasteiger charge is 2.18. The summed E-state index contributed by atoms with van der Waals surface area (Å²) in [5.74, 6) is -1.06. The van der Waals surface area contributed by atoms with E-state index in [1.165, 1.54) is 0 Å². The van der Waals surface area contributed by atoms with Gasteiger partial charge in [0.15, 0.2) is 0 Å². The summed E-state index contributed by atoms with van der Waals surface area (Å²) in [6.07, 6.45) is 3.70. The van der Waals surface area contributed by atoms with Crippen LogP contribution in [0.2, 0.25) is 0 Å². The molecule has 19 heavy (non-hydrogen) atoms. The van der Waals surface area contributed by atoms with Gasteiger partial charge in [-0.2, -0.15) is 0 Å². The van der Waals surface area contributed by atoms with E-state index in [2.05, 4.69) is 10.6 Å². The standard InChI is InChI=1S/C14H18N2O3/c1-3-4-5-12(13(17)18)16-14(19)15-11-8-6-10(2)7-9-11/h3-4,6-9,12H,5H2,1-2H3,(H,17,18)(H2,15,16,19). The summed E-state index contributed by atoms with van der Waals surface area (Å²) in [6.45, 7) is 3.74. The van der Waals surface area contributed by atoms with Gasteiger partial charge in [0.25, 0.3) is 0 Å². The fourth-order valence-electron chi connectivity index (χ4n) is 1.46. The molecule has 0 spiro atoms. The first-order valence-electron chi connectivity index (χ1n) is 6.01. The van der Waals surface area contributed by atoms with Crippen LogP contribution in [0.1, 0.15) is 18.9 Å². The minimum Gasteiger partial charge on any atom is -0.480 e. The number of nitrogens with one attached hydrogen (secondary N) is 2. The number of hydrogen-bond donors (Lipinski definition) is 3. The number of urea groups is 1. The highest BCUT2D eigenvalue weighted by molar-refractivity contribution is 5.92. The van der Waals surface area contributed by atoms with Gasteiger partial charge in [-0.05, 0) is 32.4 Å². The molecule has 0 aliphatic heterocycles. The molecule has 1 aromatic carbocycles. The number of rotatable bonds is 5. The molecule has 0 saturated heterocycles. The van der Waals surface area contributed by atoms with Crippen molar-refractivity contribution in [1.82, 2.24) is 5.32 Å². The molecule has 0 radical (unpaired) electrons. The topological polar surface area (TPSA) is 78.4 Å². The van der Waals surface area contributed by atoms with Crippen molar-refractivity contribution >= 4 is 17.7 Å². The molecule has 1 unspecified atom stereocenters. The predicted molar refractivity (Wildman–Crippen MR) is 74.2 cm³/mol. The molecule has 1 atom stereocenters. The highest BCUT2D eigenvalue weighted by Crippen LogP contribution is 2.08. The van der Waals surface area contributed by atoms with Crippen LogP contribution >= 0.6 is 0 Å². The fourth-order valence-corrected chi connectivity index (χ4v) is 1.46. The van der Waals surface area contributed by atoms with E-state index in [1.807, 2.05) is 19.1 Å². The van der Waals surface area contributed by atoms with Crippen LogP contribution in [0.5, 0.6) is 0 Å². The van der Waals surface area contributed by atoms with Crippen molar-refractivity contribution in [2.45, 2.75) is 26.3 Å². The monoisotopic (exact) mass is 262 g/mol. The number of carbonyl (C=O) groups is 2. The minimum atomic E-state index is -1.06. The van der Waals surface area contributed by atoms with Crippen LogP contribution in [0.3, 0.4) is 0 Å². The maximum absolute atomic E-state index is 11.7. The summed E-state index contributed by atoms with van der Waals surface area (Å²) < 4.78 is 0. The molecule has 0 aliphatic rings. The Morgan fingerprint density at radius 2 is 1.95 bits per heavy atom. The normalized spacial score (nSPS) is 12.1. The first-order valence-corrected chi connectivity index (χ1v) is 6.01. The molecule has 1 aromatic rings. The molecule has 5 heteroatoms. The van der Waals surface area contributed by atoms with Gasteiger partial charge in [-0.25, -0.2) is 9.59 Å². The number of carbonyl (C=O) groups excluding carboxylic acids is 1. The molecule has 0 heterocycles. The molecule has 0 aliphatic carbocycles. The van der Waals surface area contributed by atoms with Gasteiger partial charge in [-0.15, -0.1) is 0 Å². The number of carboxylic acids is 1. The fraction of sp³-hybridized carbons (Fsp3) is 0.286. The SMILES string of the molecule is CC=CCC(NC(=O)Nc1ccc(C)cc1)C(=O)O. The van der Waals surface area contributed by atoms with E-state index < -0.39 is 18.0 Å². The number of amides is 2. The summed E-state index contributed by atoms with van der Waals surface area (Å²) in [5, 5.41) is 14.0. The van der Waals surface area contributed by atoms with Crippen LogP contribution in [0.4, 0.5) is 10.5 Å². The van der Waals surface area contributed by atoms with Gasteiger partial charge in [-0.1, -0.05) is 29.8 Å². The Kier molecular flexibility index (Phi) is 5.60. The number of allylic oxidation sites excluding steroid dienone is 1. The maximum Gasteiger partial charge on any atom is 0.326 e. The number of carboxylic acid groups (broad SMARTS) is 1. The van der Waals surface area contributed by atoms with Crippen molar-refractivity contribution in [2.75, 3.05) is 5.32 Å². The maximum atomic E-state index is 11.7. The molecule has 1 rings (SSSR count). The summed E-state index contributed by atoms with van der Waals surface area (Å²) in [7, 11) is 0. The Balaban J connectivity index is 2.57. The third-order valence-corrected chi connectivity index (χ3v) is 2.52. The van der Waals surface area contributed by atoms with Crippen LogP contribution < -0.4 is 10.6 Å². The molecule has 0 bridgehead atoms. The summed E-state index contributed by atoms with van der Waals surface area (Å²) >= 11 is 0. The minimum absolute atomic E-state index is 0.257. The van der Waals surface area contributed by atoms with Crippen molar-refractivity contribution in [3.05, 3.63) is 42.0 Å². The van der Waals surface area contributed by atoms with E-state index in [4.69, 9.17) is 5.11 Å². The van der Waals surface area contributed by atoms with Crippen molar-refractivity contribution in [3.8, 4) is 0 Å². The molecule has 5 nitrogen and oxygen atoms in total. The second-order valence-corrected chi connectivity index (χ2v) is 4.16. The van der Waals surface area contributed by atoms with Crippen molar-refractivity contribution in [1.29, 1.82) is 0 Å². The molecule has 102 valence electrons. The van der Waals surface area contributed by atoms with E-state index in [0.29, 0.717) is 5.69 Å². The lowest BCUT2D eigenvalue weighted by Crippen LogP contribution is -2.42. The Labute approximate surface area is 112 Å². The molecular formula is C14H18N2O3. The number of hydrogen-bond acceptors (Lipinski definition) is 2. The summed E-state index contributed by atoms with van der Waals surface area (Å²) in [4.78, 5) is 22.6. The molecule has 0 saturated carbocycles. The quantitative estimate of drug-likeness (QED) is 0.713. The van der Waals surface area contributed by atoms with E-state index in [1.54, 1.807) is 31.2 Å². The Morgan fingerprint density at radius 1 is 1.32 bits per heavy atom. The second-order valence-electron chi connectivity index (χ2n) is 4.16. The van der Waals surface area contributed by atoms with Crippen molar-refractivity contribution < 1.29 is 14.7 Å². The van der Waals surface area contributed by atoms with Crippen LogP contribution in [0.15, 0.2) is 36.4 Å². The van der Waals surface area contributed by atoms with Gasteiger partial charge >= 0.3 is 12.0 Å². The van der Waals surface area contributed by atoms with Crippen molar-refractivity contribution in [3.63, 3.8) is 0 Å². The zero-order valence-corrected chi connectivity index (χ0v) is 11.0. The number of aliphatic carboxylic acids is 1. The van der Waals surface area contributed by atoms with Gasteiger partial charge < -0.3 is 15.7 Å². The van der Waals surface area contributed by atoms with Crippen LogP contribution in [0, 0.1) is 6.92 Å². The number of benzene rings is 1. The van der Waals surface area contributed by atoms with Gasteiger partial charge in [0.2, 0.25) is 0 Å². The average Bonchev–Trinajstić information content (AvgIpc) is 2.37. The summed E-state index contributed by atoms with van der Waals surface area (Å²) in [6, 6.07) is 5.80. The van der Waals surface area contributed by atoms with Crippen molar-refractivity contribution in [2.24, 2.45) is 0 Å². The largest absolute Gasteiger partial charge is 0.480 e. The smallest absolute Gasteiger partial charge is 0.326 e. The molecule has 0 fully saturated rings. The van der Waals surface area contributed by atoms with Gasteiger partial charge in [0.05, 0.1) is 0 Å². The average molecular weight is 262 g/mol. The predicted octanol–water partition coefficient (Wildman–Crippen LogP) is 2.54. The lowest BCUT2D eigenvalue weighted by Gasteiger charge is -2.13.